The lowest BCUT2D eigenvalue weighted by molar-refractivity contribution is -0.120. The highest BCUT2D eigenvalue weighted by Gasteiger charge is 2.06. The Bertz CT molecular complexity index is 572. The maximum absolute atomic E-state index is 13.5. The highest BCUT2D eigenvalue weighted by Crippen LogP contribution is 2.14. The molecule has 0 aliphatic carbocycles. The fourth-order valence-electron chi connectivity index (χ4n) is 1.70. The predicted molar refractivity (Wildman–Crippen MR) is 73.4 cm³/mol. The molecule has 0 heterocycles. The van der Waals surface area contributed by atoms with Crippen molar-refractivity contribution in [3.05, 3.63) is 70.5 Å². The van der Waals surface area contributed by atoms with E-state index >= 15 is 0 Å². The summed E-state index contributed by atoms with van der Waals surface area (Å²) in [5, 5.41) is 3.03. The van der Waals surface area contributed by atoms with Crippen molar-refractivity contribution in [2.24, 2.45) is 0 Å². The minimum Gasteiger partial charge on any atom is -0.352 e. The normalized spacial score (nSPS) is 10.2. The van der Waals surface area contributed by atoms with Gasteiger partial charge in [0.25, 0.3) is 0 Å². The van der Waals surface area contributed by atoms with Crippen molar-refractivity contribution < 1.29 is 9.18 Å². The Hall–Kier alpha value is -1.87. The molecular weight excluding hydrogens is 265 g/mol. The van der Waals surface area contributed by atoms with Gasteiger partial charge in [-0.25, -0.2) is 4.39 Å². The van der Waals surface area contributed by atoms with Crippen LogP contribution < -0.4 is 5.32 Å². The van der Waals surface area contributed by atoms with Crippen molar-refractivity contribution in [2.75, 3.05) is 0 Å². The average molecular weight is 278 g/mol. The maximum atomic E-state index is 13.5. The Kier molecular flexibility index (Phi) is 4.53. The molecule has 19 heavy (non-hydrogen) atoms. The van der Waals surface area contributed by atoms with Crippen molar-refractivity contribution >= 4 is 17.5 Å². The molecule has 0 fully saturated rings. The van der Waals surface area contributed by atoms with E-state index in [-0.39, 0.29) is 18.9 Å². The standard InChI is InChI=1S/C15H13ClFNO/c16-13-7-6-12(14(17)9-13)10-18-15(19)8-11-4-2-1-3-5-11/h1-7,9H,8,10H2,(H,18,19). The van der Waals surface area contributed by atoms with Gasteiger partial charge in [-0.3, -0.25) is 4.79 Å². The van der Waals surface area contributed by atoms with Gasteiger partial charge in [0.15, 0.2) is 0 Å². The van der Waals surface area contributed by atoms with E-state index in [1.165, 1.54) is 6.07 Å². The van der Waals surface area contributed by atoms with Crippen LogP contribution in [0.15, 0.2) is 48.5 Å². The lowest BCUT2D eigenvalue weighted by Gasteiger charge is -2.06. The summed E-state index contributed by atoms with van der Waals surface area (Å²) in [6, 6.07) is 13.8. The zero-order chi connectivity index (χ0) is 13.7. The van der Waals surface area contributed by atoms with E-state index in [2.05, 4.69) is 5.32 Å². The number of hydrogen-bond acceptors (Lipinski definition) is 1. The van der Waals surface area contributed by atoms with Crippen LogP contribution in [0.2, 0.25) is 5.02 Å². The minimum atomic E-state index is -0.410. The Morgan fingerprint density at radius 1 is 1.16 bits per heavy atom. The molecule has 2 aromatic rings. The van der Waals surface area contributed by atoms with E-state index in [4.69, 9.17) is 11.6 Å². The fourth-order valence-corrected chi connectivity index (χ4v) is 1.86. The lowest BCUT2D eigenvalue weighted by Crippen LogP contribution is -2.24. The summed E-state index contributed by atoms with van der Waals surface area (Å²) in [6.07, 6.45) is 0.288. The van der Waals surface area contributed by atoms with Gasteiger partial charge in [-0.05, 0) is 17.7 Å². The number of benzene rings is 2. The second kappa shape index (κ2) is 6.34. The first-order valence-electron chi connectivity index (χ1n) is 5.90. The molecule has 2 aromatic carbocycles. The molecule has 4 heteroatoms. The van der Waals surface area contributed by atoms with E-state index in [0.29, 0.717) is 10.6 Å². The lowest BCUT2D eigenvalue weighted by atomic mass is 10.1. The largest absolute Gasteiger partial charge is 0.352 e. The van der Waals surface area contributed by atoms with Crippen LogP contribution >= 0.6 is 11.6 Å². The summed E-state index contributed by atoms with van der Waals surface area (Å²) in [4.78, 5) is 11.7. The third kappa shape index (κ3) is 4.07. The van der Waals surface area contributed by atoms with Crippen LogP contribution in [-0.4, -0.2) is 5.91 Å². The second-order valence-electron chi connectivity index (χ2n) is 4.17. The Balaban J connectivity index is 1.90. The van der Waals surface area contributed by atoms with Crippen LogP contribution in [0.4, 0.5) is 4.39 Å². The van der Waals surface area contributed by atoms with Crippen LogP contribution in [0.5, 0.6) is 0 Å². The van der Waals surface area contributed by atoms with Crippen molar-refractivity contribution in [1.29, 1.82) is 0 Å². The van der Waals surface area contributed by atoms with Gasteiger partial charge in [0.2, 0.25) is 5.91 Å². The molecule has 0 radical (unpaired) electrons. The zero-order valence-electron chi connectivity index (χ0n) is 10.2. The SMILES string of the molecule is O=C(Cc1ccccc1)NCc1ccc(Cl)cc1F. The number of rotatable bonds is 4. The van der Waals surface area contributed by atoms with Crippen molar-refractivity contribution in [2.45, 2.75) is 13.0 Å². The third-order valence-corrected chi connectivity index (χ3v) is 2.93. The number of carbonyl (C=O) groups is 1. The molecule has 1 amide bonds. The molecule has 0 aliphatic heterocycles. The van der Waals surface area contributed by atoms with Gasteiger partial charge in [-0.15, -0.1) is 0 Å². The quantitative estimate of drug-likeness (QED) is 0.912. The van der Waals surface area contributed by atoms with Gasteiger partial charge in [0.05, 0.1) is 6.42 Å². The highest BCUT2D eigenvalue weighted by atomic mass is 35.5. The van der Waals surface area contributed by atoms with E-state index in [0.717, 1.165) is 5.56 Å². The number of hydrogen-bond donors (Lipinski definition) is 1. The van der Waals surface area contributed by atoms with E-state index in [1.807, 2.05) is 30.3 Å². The van der Waals surface area contributed by atoms with Crippen LogP contribution in [0.25, 0.3) is 0 Å². The average Bonchev–Trinajstić information content (AvgIpc) is 2.39. The van der Waals surface area contributed by atoms with Gasteiger partial charge in [-0.1, -0.05) is 48.0 Å². The van der Waals surface area contributed by atoms with Gasteiger partial charge in [0.1, 0.15) is 5.82 Å². The van der Waals surface area contributed by atoms with E-state index in [1.54, 1.807) is 12.1 Å². The monoisotopic (exact) mass is 277 g/mol. The van der Waals surface area contributed by atoms with E-state index < -0.39 is 5.82 Å². The Labute approximate surface area is 116 Å². The maximum Gasteiger partial charge on any atom is 0.224 e. The van der Waals surface area contributed by atoms with Crippen molar-refractivity contribution in [3.63, 3.8) is 0 Å². The summed E-state index contributed by atoms with van der Waals surface area (Å²) >= 11 is 5.66. The first-order valence-corrected chi connectivity index (χ1v) is 6.27. The minimum absolute atomic E-state index is 0.138. The molecule has 0 atom stereocenters. The molecule has 0 bridgehead atoms. The first kappa shape index (κ1) is 13.6. The van der Waals surface area contributed by atoms with Crippen LogP contribution in [-0.2, 0) is 17.8 Å². The van der Waals surface area contributed by atoms with Gasteiger partial charge in [0, 0.05) is 17.1 Å². The highest BCUT2D eigenvalue weighted by molar-refractivity contribution is 6.30. The summed E-state index contributed by atoms with van der Waals surface area (Å²) in [5.41, 5.74) is 1.35. The van der Waals surface area contributed by atoms with Crippen molar-refractivity contribution in [1.82, 2.24) is 5.32 Å². The number of halogens is 2. The molecule has 0 saturated heterocycles. The van der Waals surface area contributed by atoms with E-state index in [9.17, 15) is 9.18 Å². The van der Waals surface area contributed by atoms with Crippen LogP contribution in [0.1, 0.15) is 11.1 Å². The summed E-state index contributed by atoms with van der Waals surface area (Å²) in [5.74, 6) is -0.548. The fraction of sp³-hybridized carbons (Fsp3) is 0.133. The van der Waals surface area contributed by atoms with Crippen LogP contribution in [0.3, 0.4) is 0 Å². The second-order valence-corrected chi connectivity index (χ2v) is 4.61. The molecule has 0 unspecified atom stereocenters. The summed E-state index contributed by atoms with van der Waals surface area (Å²) in [7, 11) is 0. The molecule has 1 N–H and O–H groups in total. The van der Waals surface area contributed by atoms with Crippen LogP contribution in [0, 0.1) is 5.82 Å². The first-order chi connectivity index (χ1) is 9.15. The molecule has 2 rings (SSSR count). The molecular formula is C15H13ClFNO. The topological polar surface area (TPSA) is 29.1 Å². The zero-order valence-corrected chi connectivity index (χ0v) is 11.0. The number of carbonyl (C=O) groups excluding carboxylic acids is 1. The number of amides is 1. The van der Waals surface area contributed by atoms with Gasteiger partial charge < -0.3 is 5.32 Å². The molecule has 0 aromatic heterocycles. The van der Waals surface area contributed by atoms with Gasteiger partial charge >= 0.3 is 0 Å². The molecule has 0 aliphatic rings. The van der Waals surface area contributed by atoms with Gasteiger partial charge in [-0.2, -0.15) is 0 Å². The Morgan fingerprint density at radius 2 is 1.89 bits per heavy atom. The smallest absolute Gasteiger partial charge is 0.224 e. The summed E-state index contributed by atoms with van der Waals surface area (Å²) in [6.45, 7) is 0.161. The molecule has 0 saturated carbocycles. The number of nitrogens with one attached hydrogen (secondary N) is 1. The predicted octanol–water partition coefficient (Wildman–Crippen LogP) is 3.34. The third-order valence-electron chi connectivity index (χ3n) is 2.70. The summed E-state index contributed by atoms with van der Waals surface area (Å²) < 4.78 is 13.5. The molecule has 98 valence electrons. The molecule has 2 nitrogen and oxygen atoms in total. The Morgan fingerprint density at radius 3 is 2.58 bits per heavy atom. The molecule has 0 spiro atoms. The van der Waals surface area contributed by atoms with Crippen molar-refractivity contribution in [3.8, 4) is 0 Å².